The molecule has 1 unspecified atom stereocenters. The first kappa shape index (κ1) is 24.8. The number of rotatable bonds is 18. The van der Waals surface area contributed by atoms with E-state index in [2.05, 4.69) is 19.6 Å². The maximum absolute atomic E-state index is 5.45. The SMILES string of the molecule is CCCCCCCCCCCCSC(S)CC[Si](OC)(OC)OC. The van der Waals surface area contributed by atoms with Crippen LogP contribution in [0.5, 0.6) is 0 Å². The third kappa shape index (κ3) is 13.1. The maximum atomic E-state index is 5.45. The summed E-state index contributed by atoms with van der Waals surface area (Å²) < 4.78 is 16.7. The van der Waals surface area contributed by atoms with Crippen LogP contribution in [0.4, 0.5) is 0 Å². The Bertz CT molecular complexity index is 258. The molecule has 0 aliphatic rings. The van der Waals surface area contributed by atoms with Crippen molar-refractivity contribution in [3.63, 3.8) is 0 Å². The summed E-state index contributed by atoms with van der Waals surface area (Å²) in [6, 6.07) is 0.829. The minimum Gasteiger partial charge on any atom is -0.377 e. The van der Waals surface area contributed by atoms with Crippen LogP contribution >= 0.6 is 24.4 Å². The minimum atomic E-state index is -2.42. The lowest BCUT2D eigenvalue weighted by Gasteiger charge is -2.25. The molecule has 24 heavy (non-hydrogen) atoms. The molecule has 0 aromatic heterocycles. The fraction of sp³-hybridized carbons (Fsp3) is 1.00. The van der Waals surface area contributed by atoms with Crippen molar-refractivity contribution in [1.29, 1.82) is 0 Å². The summed E-state index contributed by atoms with van der Waals surface area (Å²) in [6.07, 6.45) is 14.9. The van der Waals surface area contributed by atoms with Gasteiger partial charge in [0.05, 0.1) is 0 Å². The first-order valence-electron chi connectivity index (χ1n) is 9.59. The highest BCUT2D eigenvalue weighted by Crippen LogP contribution is 2.26. The third-order valence-corrected chi connectivity index (χ3v) is 9.06. The van der Waals surface area contributed by atoms with Gasteiger partial charge in [0.25, 0.3) is 0 Å². The molecule has 0 bridgehead atoms. The van der Waals surface area contributed by atoms with E-state index in [9.17, 15) is 0 Å². The second kappa shape index (κ2) is 17.2. The minimum absolute atomic E-state index is 0.343. The molecule has 0 saturated carbocycles. The smallest absolute Gasteiger partial charge is 0.377 e. The van der Waals surface area contributed by atoms with Crippen LogP contribution in [0.3, 0.4) is 0 Å². The molecule has 0 aromatic carbocycles. The molecule has 0 aliphatic carbocycles. The second-order valence-electron chi connectivity index (χ2n) is 6.34. The first-order valence-corrected chi connectivity index (χ1v) is 13.1. The predicted octanol–water partition coefficient (Wildman–Crippen LogP) is 6.16. The van der Waals surface area contributed by atoms with E-state index in [1.54, 1.807) is 21.3 Å². The van der Waals surface area contributed by atoms with Gasteiger partial charge in [-0.15, -0.1) is 11.8 Å². The molecule has 1 atom stereocenters. The average molecular weight is 397 g/mol. The predicted molar refractivity (Wildman–Crippen MR) is 113 cm³/mol. The zero-order valence-corrected chi connectivity index (χ0v) is 19.1. The number of thioether (sulfide) groups is 1. The summed E-state index contributed by atoms with van der Waals surface area (Å²) >= 11 is 6.62. The number of thiol groups is 1. The zero-order chi connectivity index (χ0) is 18.1. The summed E-state index contributed by atoms with van der Waals surface area (Å²) in [5.41, 5.74) is 0. The Labute approximate surface area is 161 Å². The van der Waals surface area contributed by atoms with Gasteiger partial charge in [0.15, 0.2) is 0 Å². The van der Waals surface area contributed by atoms with E-state index in [0.29, 0.717) is 4.58 Å². The van der Waals surface area contributed by atoms with Gasteiger partial charge in [-0.1, -0.05) is 64.7 Å². The van der Waals surface area contributed by atoms with Crippen LogP contribution in [0.1, 0.15) is 77.6 Å². The van der Waals surface area contributed by atoms with E-state index in [0.717, 1.165) is 12.5 Å². The topological polar surface area (TPSA) is 27.7 Å². The van der Waals surface area contributed by atoms with Gasteiger partial charge < -0.3 is 13.3 Å². The van der Waals surface area contributed by atoms with E-state index in [4.69, 9.17) is 13.3 Å². The van der Waals surface area contributed by atoms with E-state index in [1.165, 1.54) is 70.0 Å². The lowest BCUT2D eigenvalue weighted by atomic mass is 10.1. The number of unbranched alkanes of at least 4 members (excludes halogenated alkanes) is 9. The molecule has 146 valence electrons. The highest BCUT2D eigenvalue weighted by molar-refractivity contribution is 8.10. The van der Waals surface area contributed by atoms with E-state index >= 15 is 0 Å². The molecule has 0 aromatic rings. The van der Waals surface area contributed by atoms with Gasteiger partial charge in [-0.05, 0) is 18.6 Å². The van der Waals surface area contributed by atoms with Crippen LogP contribution in [0, 0.1) is 0 Å². The number of hydrogen-bond donors (Lipinski definition) is 1. The van der Waals surface area contributed by atoms with Crippen molar-refractivity contribution >= 4 is 33.2 Å². The van der Waals surface area contributed by atoms with Gasteiger partial charge in [0, 0.05) is 32.0 Å². The maximum Gasteiger partial charge on any atom is 0.500 e. The van der Waals surface area contributed by atoms with Gasteiger partial charge in [-0.25, -0.2) is 0 Å². The molecule has 0 fully saturated rings. The van der Waals surface area contributed by atoms with Crippen LogP contribution in [-0.2, 0) is 13.3 Å². The monoisotopic (exact) mass is 396 g/mol. The van der Waals surface area contributed by atoms with Crippen molar-refractivity contribution in [3.8, 4) is 0 Å². The van der Waals surface area contributed by atoms with Gasteiger partial charge >= 0.3 is 8.80 Å². The molecule has 0 heterocycles. The average Bonchev–Trinajstić information content (AvgIpc) is 2.61. The zero-order valence-electron chi connectivity index (χ0n) is 16.3. The van der Waals surface area contributed by atoms with Crippen molar-refractivity contribution in [1.82, 2.24) is 0 Å². The van der Waals surface area contributed by atoms with E-state index < -0.39 is 8.80 Å². The lowest BCUT2D eigenvalue weighted by Crippen LogP contribution is -2.42. The molecule has 0 amide bonds. The Balaban J connectivity index is 3.45. The molecule has 3 nitrogen and oxygen atoms in total. The van der Waals surface area contributed by atoms with Crippen LogP contribution in [0.15, 0.2) is 0 Å². The van der Waals surface area contributed by atoms with Crippen LogP contribution in [0.25, 0.3) is 0 Å². The summed E-state index contributed by atoms with van der Waals surface area (Å²) in [6.45, 7) is 2.28. The normalized spacial score (nSPS) is 13.4. The van der Waals surface area contributed by atoms with Crippen LogP contribution in [-0.4, -0.2) is 40.5 Å². The second-order valence-corrected chi connectivity index (χ2v) is 11.7. The summed E-state index contributed by atoms with van der Waals surface area (Å²) in [4.78, 5) is 0. The van der Waals surface area contributed by atoms with Crippen molar-refractivity contribution in [3.05, 3.63) is 0 Å². The molecule has 0 radical (unpaired) electrons. The van der Waals surface area contributed by atoms with Crippen molar-refractivity contribution in [2.45, 2.75) is 88.2 Å². The number of hydrogen-bond acceptors (Lipinski definition) is 5. The first-order chi connectivity index (χ1) is 11.6. The standard InChI is InChI=1S/C18H40O3S2Si/c1-5-6-7-8-9-10-11-12-13-14-16-23-18(22)15-17-24(19-2,20-3)21-4/h18,22H,5-17H2,1-4H3. The quantitative estimate of drug-likeness (QED) is 0.130. The fourth-order valence-electron chi connectivity index (χ4n) is 2.75. The van der Waals surface area contributed by atoms with Gasteiger partial charge in [0.2, 0.25) is 0 Å². The van der Waals surface area contributed by atoms with Crippen LogP contribution < -0.4 is 0 Å². The Morgan fingerprint density at radius 2 is 1.25 bits per heavy atom. The summed E-state index contributed by atoms with van der Waals surface area (Å²) in [5, 5.41) is 0. The van der Waals surface area contributed by atoms with Gasteiger partial charge in [-0.3, -0.25) is 0 Å². The molecule has 6 heteroatoms. The molecule has 0 saturated heterocycles. The van der Waals surface area contributed by atoms with Crippen molar-refractivity contribution in [2.75, 3.05) is 27.1 Å². The Morgan fingerprint density at radius 3 is 1.71 bits per heavy atom. The van der Waals surface area contributed by atoms with Gasteiger partial charge in [0.1, 0.15) is 0 Å². The molecular weight excluding hydrogens is 356 g/mol. The molecule has 0 rings (SSSR count). The van der Waals surface area contributed by atoms with Crippen molar-refractivity contribution < 1.29 is 13.3 Å². The Kier molecular flexibility index (Phi) is 17.8. The molecule has 0 spiro atoms. The highest BCUT2D eigenvalue weighted by Gasteiger charge is 2.37. The Hall–Kier alpha value is 0.797. The molecular formula is C18H40O3S2Si. The summed E-state index contributed by atoms with van der Waals surface area (Å²) in [5.74, 6) is 1.20. The van der Waals surface area contributed by atoms with Gasteiger partial charge in [-0.2, -0.15) is 12.6 Å². The fourth-order valence-corrected chi connectivity index (χ4v) is 6.33. The van der Waals surface area contributed by atoms with E-state index in [-0.39, 0.29) is 0 Å². The van der Waals surface area contributed by atoms with Crippen LogP contribution in [0.2, 0.25) is 6.04 Å². The van der Waals surface area contributed by atoms with Crippen molar-refractivity contribution in [2.24, 2.45) is 0 Å². The molecule has 0 N–H and O–H groups in total. The summed E-state index contributed by atoms with van der Waals surface area (Å²) in [7, 11) is 2.59. The largest absolute Gasteiger partial charge is 0.500 e. The molecule has 0 aliphatic heterocycles. The lowest BCUT2D eigenvalue weighted by molar-refractivity contribution is 0.123. The van der Waals surface area contributed by atoms with E-state index in [1.807, 2.05) is 11.8 Å². The third-order valence-electron chi connectivity index (χ3n) is 4.44. The Morgan fingerprint density at radius 1 is 0.792 bits per heavy atom. The highest BCUT2D eigenvalue weighted by atomic mass is 32.2.